The standard InChI is InChI=1S/C16H24N2OS/c1-17(2)16(9-4-10-16)12-18(3)15(19)11-13-5-7-14(20)8-6-13/h5-8,20H,4,9-12H2,1-3H3. The Hall–Kier alpha value is -1.00. The molecule has 1 fully saturated rings. The number of likely N-dealkylation sites (N-methyl/N-ethyl adjacent to an activating group) is 2. The van der Waals surface area contributed by atoms with Gasteiger partial charge in [-0.3, -0.25) is 4.79 Å². The number of hydrogen-bond donors (Lipinski definition) is 1. The van der Waals surface area contributed by atoms with Crippen LogP contribution in [0.5, 0.6) is 0 Å². The van der Waals surface area contributed by atoms with E-state index >= 15 is 0 Å². The third-order valence-electron chi connectivity index (χ3n) is 4.48. The van der Waals surface area contributed by atoms with Crippen LogP contribution < -0.4 is 0 Å². The predicted octanol–water partition coefficient (Wildman–Crippen LogP) is 2.46. The topological polar surface area (TPSA) is 23.6 Å². The van der Waals surface area contributed by atoms with Crippen LogP contribution in [0.4, 0.5) is 0 Å². The van der Waals surface area contributed by atoms with Crippen LogP contribution in [-0.4, -0.2) is 48.9 Å². The van der Waals surface area contributed by atoms with Crippen molar-refractivity contribution >= 4 is 18.5 Å². The fourth-order valence-corrected chi connectivity index (χ4v) is 2.93. The average Bonchev–Trinajstić information content (AvgIpc) is 2.35. The van der Waals surface area contributed by atoms with Gasteiger partial charge in [0.05, 0.1) is 6.42 Å². The first-order chi connectivity index (χ1) is 9.43. The minimum absolute atomic E-state index is 0.185. The van der Waals surface area contributed by atoms with Gasteiger partial charge in [0.25, 0.3) is 0 Å². The van der Waals surface area contributed by atoms with Gasteiger partial charge in [-0.2, -0.15) is 0 Å². The summed E-state index contributed by atoms with van der Waals surface area (Å²) >= 11 is 4.26. The molecule has 1 aromatic rings. The van der Waals surface area contributed by atoms with Gasteiger partial charge in [0, 0.05) is 24.0 Å². The number of carbonyl (C=O) groups excluding carboxylic acids is 1. The van der Waals surface area contributed by atoms with E-state index < -0.39 is 0 Å². The summed E-state index contributed by atoms with van der Waals surface area (Å²) in [5.74, 6) is 0.185. The summed E-state index contributed by atoms with van der Waals surface area (Å²) in [6.45, 7) is 0.823. The van der Waals surface area contributed by atoms with Crippen LogP contribution in [0.25, 0.3) is 0 Å². The summed E-state index contributed by atoms with van der Waals surface area (Å²) in [7, 11) is 6.14. The normalized spacial score (nSPS) is 16.9. The molecule has 0 heterocycles. The zero-order valence-corrected chi connectivity index (χ0v) is 13.5. The molecule has 0 saturated heterocycles. The molecule has 110 valence electrons. The number of rotatable bonds is 5. The lowest BCUT2D eigenvalue weighted by Gasteiger charge is -2.49. The van der Waals surface area contributed by atoms with Gasteiger partial charge in [-0.05, 0) is 51.1 Å². The summed E-state index contributed by atoms with van der Waals surface area (Å²) in [6, 6.07) is 7.80. The molecule has 0 spiro atoms. The summed E-state index contributed by atoms with van der Waals surface area (Å²) in [5.41, 5.74) is 1.24. The van der Waals surface area contributed by atoms with Crippen molar-refractivity contribution in [3.8, 4) is 0 Å². The van der Waals surface area contributed by atoms with Gasteiger partial charge < -0.3 is 9.80 Å². The summed E-state index contributed by atoms with van der Waals surface area (Å²) < 4.78 is 0. The molecule has 1 aliphatic carbocycles. The number of hydrogen-bond acceptors (Lipinski definition) is 3. The Balaban J connectivity index is 1.93. The van der Waals surface area contributed by atoms with E-state index in [1.54, 1.807) is 0 Å². The Morgan fingerprint density at radius 1 is 1.20 bits per heavy atom. The zero-order chi connectivity index (χ0) is 14.8. The molecule has 0 radical (unpaired) electrons. The van der Waals surface area contributed by atoms with Crippen LogP contribution in [0.2, 0.25) is 0 Å². The molecule has 1 amide bonds. The number of carbonyl (C=O) groups is 1. The highest BCUT2D eigenvalue weighted by Crippen LogP contribution is 2.36. The van der Waals surface area contributed by atoms with E-state index in [0.717, 1.165) is 17.0 Å². The van der Waals surface area contributed by atoms with E-state index in [1.165, 1.54) is 19.3 Å². The van der Waals surface area contributed by atoms with Crippen molar-refractivity contribution in [3.63, 3.8) is 0 Å². The number of thiol groups is 1. The highest BCUT2D eigenvalue weighted by Gasteiger charge is 2.40. The summed E-state index contributed by atoms with van der Waals surface area (Å²) in [5, 5.41) is 0. The highest BCUT2D eigenvalue weighted by molar-refractivity contribution is 7.80. The fraction of sp³-hybridized carbons (Fsp3) is 0.562. The molecule has 0 bridgehead atoms. The predicted molar refractivity (Wildman–Crippen MR) is 85.3 cm³/mol. The first-order valence-electron chi connectivity index (χ1n) is 7.12. The van der Waals surface area contributed by atoms with E-state index in [4.69, 9.17) is 0 Å². The molecule has 3 nitrogen and oxygen atoms in total. The molecular formula is C16H24N2OS. The minimum Gasteiger partial charge on any atom is -0.344 e. The van der Waals surface area contributed by atoms with Gasteiger partial charge in [-0.1, -0.05) is 12.1 Å². The van der Waals surface area contributed by atoms with Crippen molar-refractivity contribution in [2.24, 2.45) is 0 Å². The van der Waals surface area contributed by atoms with E-state index in [2.05, 4.69) is 31.6 Å². The maximum absolute atomic E-state index is 12.3. The molecule has 0 aliphatic heterocycles. The van der Waals surface area contributed by atoms with Crippen molar-refractivity contribution in [2.75, 3.05) is 27.7 Å². The number of nitrogens with zero attached hydrogens (tertiary/aromatic N) is 2. The quantitative estimate of drug-likeness (QED) is 0.843. The molecule has 20 heavy (non-hydrogen) atoms. The molecule has 0 atom stereocenters. The van der Waals surface area contributed by atoms with Crippen molar-refractivity contribution < 1.29 is 4.79 Å². The second-order valence-corrected chi connectivity index (χ2v) is 6.58. The van der Waals surface area contributed by atoms with E-state index in [9.17, 15) is 4.79 Å². The Kier molecular flexibility index (Phi) is 4.76. The SMILES string of the molecule is CN(CC1(N(C)C)CCC1)C(=O)Cc1ccc(S)cc1. The van der Waals surface area contributed by atoms with Gasteiger partial charge in [-0.25, -0.2) is 0 Å². The summed E-state index contributed by atoms with van der Waals surface area (Å²) in [6.07, 6.45) is 4.11. The number of benzene rings is 1. The van der Waals surface area contributed by atoms with Crippen LogP contribution in [-0.2, 0) is 11.2 Å². The van der Waals surface area contributed by atoms with Gasteiger partial charge in [0.2, 0.25) is 5.91 Å². The Morgan fingerprint density at radius 2 is 1.80 bits per heavy atom. The molecule has 1 saturated carbocycles. The average molecular weight is 292 g/mol. The van der Waals surface area contributed by atoms with Crippen LogP contribution in [0, 0.1) is 0 Å². The third kappa shape index (κ3) is 3.36. The van der Waals surface area contributed by atoms with Crippen LogP contribution in [0.15, 0.2) is 29.2 Å². The smallest absolute Gasteiger partial charge is 0.226 e. The molecular weight excluding hydrogens is 268 g/mol. The molecule has 1 aromatic carbocycles. The molecule has 1 aliphatic rings. The monoisotopic (exact) mass is 292 g/mol. The maximum Gasteiger partial charge on any atom is 0.226 e. The lowest BCUT2D eigenvalue weighted by atomic mass is 9.75. The molecule has 0 unspecified atom stereocenters. The van der Waals surface area contributed by atoms with E-state index in [0.29, 0.717) is 6.42 Å². The Labute approximate surface area is 127 Å². The molecule has 0 N–H and O–H groups in total. The van der Waals surface area contributed by atoms with Gasteiger partial charge in [0.15, 0.2) is 0 Å². The van der Waals surface area contributed by atoms with Gasteiger partial charge >= 0.3 is 0 Å². The molecule has 4 heteroatoms. The number of amides is 1. The van der Waals surface area contributed by atoms with Crippen molar-refractivity contribution in [1.82, 2.24) is 9.80 Å². The highest BCUT2D eigenvalue weighted by atomic mass is 32.1. The van der Waals surface area contributed by atoms with Crippen molar-refractivity contribution in [3.05, 3.63) is 29.8 Å². The fourth-order valence-electron chi connectivity index (χ4n) is 2.78. The van der Waals surface area contributed by atoms with Crippen LogP contribution in [0.3, 0.4) is 0 Å². The molecule has 2 rings (SSSR count). The largest absolute Gasteiger partial charge is 0.344 e. The Bertz CT molecular complexity index is 466. The van der Waals surface area contributed by atoms with Crippen molar-refractivity contribution in [2.45, 2.75) is 36.1 Å². The van der Waals surface area contributed by atoms with E-state index in [1.807, 2.05) is 36.2 Å². The van der Waals surface area contributed by atoms with Crippen molar-refractivity contribution in [1.29, 1.82) is 0 Å². The lowest BCUT2D eigenvalue weighted by molar-refractivity contribution is -0.131. The third-order valence-corrected chi connectivity index (χ3v) is 4.78. The van der Waals surface area contributed by atoms with E-state index in [-0.39, 0.29) is 11.4 Å². The minimum atomic E-state index is 0.185. The van der Waals surface area contributed by atoms with Crippen LogP contribution >= 0.6 is 12.6 Å². The first kappa shape index (κ1) is 15.4. The summed E-state index contributed by atoms with van der Waals surface area (Å²) in [4.78, 5) is 17.4. The van der Waals surface area contributed by atoms with Crippen LogP contribution in [0.1, 0.15) is 24.8 Å². The lowest BCUT2D eigenvalue weighted by Crippen LogP contribution is -2.57. The Morgan fingerprint density at radius 3 is 2.25 bits per heavy atom. The molecule has 0 aromatic heterocycles. The zero-order valence-electron chi connectivity index (χ0n) is 12.6. The maximum atomic E-state index is 12.3. The van der Waals surface area contributed by atoms with Gasteiger partial charge in [0.1, 0.15) is 0 Å². The second kappa shape index (κ2) is 6.19. The first-order valence-corrected chi connectivity index (χ1v) is 7.57. The van der Waals surface area contributed by atoms with Gasteiger partial charge in [-0.15, -0.1) is 12.6 Å². The second-order valence-electron chi connectivity index (χ2n) is 6.07.